The number of unbranched alkanes of at least 4 members (excludes halogenated alkanes) is 3. The third-order valence-electron chi connectivity index (χ3n) is 1.73. The predicted molar refractivity (Wildman–Crippen MR) is 61.2 cm³/mol. The molecule has 0 saturated heterocycles. The molecule has 0 bridgehead atoms. The van der Waals surface area contributed by atoms with Crippen molar-refractivity contribution in [2.75, 3.05) is 0 Å². The van der Waals surface area contributed by atoms with E-state index in [2.05, 4.69) is 6.92 Å². The number of rotatable bonds is 7. The van der Waals surface area contributed by atoms with Gasteiger partial charge in [0.05, 0.1) is 0 Å². The Kier molecular flexibility index (Phi) is 15.1. The van der Waals surface area contributed by atoms with Crippen molar-refractivity contribution in [3.8, 4) is 0 Å². The molecule has 16 heavy (non-hydrogen) atoms. The topological polar surface area (TPSA) is 104 Å². The summed E-state index contributed by atoms with van der Waals surface area (Å²) in [6.45, 7) is 3.99. The summed E-state index contributed by atoms with van der Waals surface area (Å²) in [4.78, 5) is 22.7. The van der Waals surface area contributed by atoms with E-state index in [-0.39, 0.29) is 6.10 Å². The average Bonchev–Trinajstić information content (AvgIpc) is 2.10. The molecular formula is C8H20O6P2+2. The monoisotopic (exact) mass is 274 g/mol. The van der Waals surface area contributed by atoms with Crippen molar-refractivity contribution in [3.05, 3.63) is 0 Å². The molecule has 0 aromatic heterocycles. The van der Waals surface area contributed by atoms with Crippen LogP contribution in [0.3, 0.4) is 0 Å². The lowest BCUT2D eigenvalue weighted by Gasteiger charge is -2.02. The largest absolute Gasteiger partial charge is 0.694 e. The minimum Gasteiger partial charge on any atom is -0.134 e. The van der Waals surface area contributed by atoms with Gasteiger partial charge in [-0.25, -0.2) is 0 Å². The van der Waals surface area contributed by atoms with Crippen LogP contribution in [0.5, 0.6) is 0 Å². The molecule has 0 aliphatic rings. The Morgan fingerprint density at radius 1 is 1.12 bits per heavy atom. The van der Waals surface area contributed by atoms with Crippen molar-refractivity contribution in [1.82, 2.24) is 0 Å². The molecule has 6 nitrogen and oxygen atoms in total. The molecule has 0 rings (SSSR count). The van der Waals surface area contributed by atoms with Crippen molar-refractivity contribution < 1.29 is 28.3 Å². The molecule has 0 aromatic carbocycles. The van der Waals surface area contributed by atoms with E-state index < -0.39 is 16.5 Å². The zero-order valence-corrected chi connectivity index (χ0v) is 11.4. The van der Waals surface area contributed by atoms with Crippen LogP contribution >= 0.6 is 16.5 Å². The zero-order chi connectivity index (χ0) is 13.0. The summed E-state index contributed by atoms with van der Waals surface area (Å²) < 4.78 is 23.6. The Hall–Kier alpha value is 0.0400. The first kappa shape index (κ1) is 18.4. The Bertz CT molecular complexity index is 195. The van der Waals surface area contributed by atoms with Gasteiger partial charge in [0.15, 0.2) is 0 Å². The summed E-state index contributed by atoms with van der Waals surface area (Å²) in [6.07, 6.45) is 5.50. The summed E-state index contributed by atoms with van der Waals surface area (Å²) in [5.41, 5.74) is 0. The Morgan fingerprint density at radius 3 is 2.00 bits per heavy atom. The molecule has 96 valence electrons. The quantitative estimate of drug-likeness (QED) is 0.487. The standard InChI is InChI=1S/C8H17O3P.HO3P/c1-3-4-5-6-7-8(2)11-12(9)10;1-4(2)3/h8H,3-7H2,1-2H3;(H-,1,2,3)/p+2. The molecule has 0 aliphatic carbocycles. The molecule has 0 saturated carbocycles. The van der Waals surface area contributed by atoms with Crippen LogP contribution in [0.2, 0.25) is 0 Å². The first-order chi connectivity index (χ1) is 7.40. The highest BCUT2D eigenvalue weighted by atomic mass is 31.1. The molecule has 3 N–H and O–H groups in total. The van der Waals surface area contributed by atoms with Crippen molar-refractivity contribution in [3.63, 3.8) is 0 Å². The minimum atomic E-state index is -2.87. The summed E-state index contributed by atoms with van der Waals surface area (Å²) in [6, 6.07) is 0. The molecule has 0 amide bonds. The first-order valence-corrected chi connectivity index (χ1v) is 7.37. The van der Waals surface area contributed by atoms with E-state index >= 15 is 0 Å². The van der Waals surface area contributed by atoms with Gasteiger partial charge in [0.2, 0.25) is 0 Å². The fourth-order valence-electron chi connectivity index (χ4n) is 1.07. The van der Waals surface area contributed by atoms with Crippen LogP contribution in [-0.2, 0) is 13.7 Å². The van der Waals surface area contributed by atoms with Crippen LogP contribution in [0.25, 0.3) is 0 Å². The van der Waals surface area contributed by atoms with Crippen LogP contribution in [0.4, 0.5) is 0 Å². The van der Waals surface area contributed by atoms with Gasteiger partial charge in [-0.3, -0.25) is 0 Å². The second-order valence-electron chi connectivity index (χ2n) is 3.26. The van der Waals surface area contributed by atoms with E-state index in [1.54, 1.807) is 0 Å². The molecule has 0 spiro atoms. The number of hydrogen-bond donors (Lipinski definition) is 3. The van der Waals surface area contributed by atoms with Gasteiger partial charge in [0.25, 0.3) is 0 Å². The van der Waals surface area contributed by atoms with E-state index in [9.17, 15) is 4.57 Å². The lowest BCUT2D eigenvalue weighted by Crippen LogP contribution is -2.02. The van der Waals surface area contributed by atoms with Gasteiger partial charge in [0.1, 0.15) is 6.10 Å². The van der Waals surface area contributed by atoms with Gasteiger partial charge in [-0.1, -0.05) is 32.6 Å². The van der Waals surface area contributed by atoms with E-state index in [1.807, 2.05) is 6.92 Å². The van der Waals surface area contributed by atoms with Gasteiger partial charge in [0, 0.05) is 9.13 Å². The van der Waals surface area contributed by atoms with Crippen LogP contribution < -0.4 is 0 Å². The van der Waals surface area contributed by atoms with E-state index in [0.717, 1.165) is 12.8 Å². The van der Waals surface area contributed by atoms with Gasteiger partial charge in [-0.15, -0.1) is 19.2 Å². The van der Waals surface area contributed by atoms with Crippen LogP contribution in [0.15, 0.2) is 0 Å². The second kappa shape index (κ2) is 13.1. The minimum absolute atomic E-state index is 0.0875. The van der Waals surface area contributed by atoms with Gasteiger partial charge in [-0.05, 0) is 13.3 Å². The molecule has 0 heterocycles. The van der Waals surface area contributed by atoms with E-state index in [1.165, 1.54) is 19.3 Å². The third-order valence-corrected chi connectivity index (χ3v) is 2.27. The maximum absolute atomic E-state index is 10.2. The van der Waals surface area contributed by atoms with Crippen molar-refractivity contribution in [2.24, 2.45) is 0 Å². The summed E-state index contributed by atoms with van der Waals surface area (Å²) in [5.74, 6) is 0. The highest BCUT2D eigenvalue weighted by Gasteiger charge is 2.17. The van der Waals surface area contributed by atoms with Gasteiger partial charge >= 0.3 is 16.5 Å². The Morgan fingerprint density at radius 2 is 1.62 bits per heavy atom. The summed E-state index contributed by atoms with van der Waals surface area (Å²) in [7, 11) is -5.28. The average molecular weight is 274 g/mol. The second-order valence-corrected chi connectivity index (χ2v) is 4.45. The summed E-state index contributed by atoms with van der Waals surface area (Å²) in [5, 5.41) is 0. The van der Waals surface area contributed by atoms with Crippen LogP contribution in [0.1, 0.15) is 46.0 Å². The van der Waals surface area contributed by atoms with Crippen LogP contribution in [-0.4, -0.2) is 20.8 Å². The third kappa shape index (κ3) is 23.7. The molecule has 0 aromatic rings. The smallest absolute Gasteiger partial charge is 0.134 e. The van der Waals surface area contributed by atoms with Gasteiger partial charge in [-0.2, -0.15) is 0 Å². The highest BCUT2D eigenvalue weighted by Crippen LogP contribution is 2.20. The lowest BCUT2D eigenvalue weighted by molar-refractivity contribution is 0.192. The molecule has 0 radical (unpaired) electrons. The first-order valence-electron chi connectivity index (χ1n) is 5.08. The zero-order valence-electron chi connectivity index (χ0n) is 9.57. The molecule has 2 atom stereocenters. The fraction of sp³-hybridized carbons (Fsp3) is 1.00. The Labute approximate surface area is 97.6 Å². The Balaban J connectivity index is 0. The molecule has 0 fully saturated rings. The van der Waals surface area contributed by atoms with Gasteiger partial charge < -0.3 is 0 Å². The molecule has 2 unspecified atom stereocenters. The molecule has 0 aliphatic heterocycles. The highest BCUT2D eigenvalue weighted by molar-refractivity contribution is 7.32. The fourth-order valence-corrected chi connectivity index (χ4v) is 1.48. The number of hydrogen-bond acceptors (Lipinski definition) is 3. The SMILES string of the molecule is CCCCCCC(C)O[P+](=O)O.O=[P+](O)O. The maximum atomic E-state index is 10.2. The van der Waals surface area contributed by atoms with Crippen molar-refractivity contribution in [1.29, 1.82) is 0 Å². The predicted octanol–water partition coefficient (Wildman–Crippen LogP) is 2.64. The van der Waals surface area contributed by atoms with E-state index in [0.29, 0.717) is 0 Å². The molecular weight excluding hydrogens is 254 g/mol. The van der Waals surface area contributed by atoms with Crippen LogP contribution in [0, 0.1) is 0 Å². The van der Waals surface area contributed by atoms with E-state index in [4.69, 9.17) is 23.8 Å². The molecule has 8 heteroatoms. The van der Waals surface area contributed by atoms with Crippen molar-refractivity contribution >= 4 is 16.5 Å². The van der Waals surface area contributed by atoms with Crippen molar-refractivity contribution in [2.45, 2.75) is 52.1 Å². The lowest BCUT2D eigenvalue weighted by atomic mass is 10.1. The summed E-state index contributed by atoms with van der Waals surface area (Å²) >= 11 is 0. The normalized spacial score (nSPS) is 12.4. The maximum Gasteiger partial charge on any atom is 0.694 e.